The molecule has 8 heteroatoms. The Balaban J connectivity index is 1.95. The summed E-state index contributed by atoms with van der Waals surface area (Å²) in [6, 6.07) is 9.89. The number of hydrogen-bond acceptors (Lipinski definition) is 6. The molecule has 1 atom stereocenters. The monoisotopic (exact) mass is 432 g/mol. The van der Waals surface area contributed by atoms with E-state index in [-0.39, 0.29) is 12.3 Å². The summed E-state index contributed by atoms with van der Waals surface area (Å²) in [7, 11) is 4.48. The Labute approximate surface area is 181 Å². The van der Waals surface area contributed by atoms with Gasteiger partial charge in [0.15, 0.2) is 11.5 Å². The Hall–Kier alpha value is -3.11. The number of halogens is 1. The van der Waals surface area contributed by atoms with Crippen LogP contribution in [0.2, 0.25) is 5.02 Å². The molecule has 0 aliphatic rings. The maximum absolute atomic E-state index is 12.3. The molecule has 1 N–H and O–H groups in total. The molecular weight excluding hydrogens is 408 g/mol. The van der Waals surface area contributed by atoms with Gasteiger partial charge < -0.3 is 24.3 Å². The highest BCUT2D eigenvalue weighted by Gasteiger charge is 2.20. The molecular formula is C22H25ClN2O5. The third-order valence-corrected chi connectivity index (χ3v) is 4.63. The van der Waals surface area contributed by atoms with Crippen LogP contribution < -0.4 is 24.3 Å². The Bertz CT molecular complexity index is 901. The van der Waals surface area contributed by atoms with Crippen LogP contribution in [0.1, 0.15) is 30.0 Å². The largest absolute Gasteiger partial charge is 0.493 e. The highest BCUT2D eigenvalue weighted by Crippen LogP contribution is 2.39. The van der Waals surface area contributed by atoms with Crippen LogP contribution in [0.3, 0.4) is 0 Å². The van der Waals surface area contributed by atoms with E-state index < -0.39 is 6.04 Å². The van der Waals surface area contributed by atoms with E-state index in [1.165, 1.54) is 21.3 Å². The van der Waals surface area contributed by atoms with E-state index >= 15 is 0 Å². The van der Waals surface area contributed by atoms with E-state index in [0.29, 0.717) is 40.9 Å². The number of ether oxygens (including phenoxy) is 4. The number of rotatable bonds is 10. The van der Waals surface area contributed by atoms with Gasteiger partial charge >= 0.3 is 0 Å². The molecule has 0 fully saturated rings. The zero-order chi connectivity index (χ0) is 22.1. The van der Waals surface area contributed by atoms with Crippen molar-refractivity contribution in [3.8, 4) is 29.1 Å². The van der Waals surface area contributed by atoms with Crippen molar-refractivity contribution < 1.29 is 23.7 Å². The number of amides is 1. The second-order valence-electron chi connectivity index (χ2n) is 6.45. The number of carbonyl (C=O) groups is 1. The summed E-state index contributed by atoms with van der Waals surface area (Å²) in [5, 5.41) is 12.9. The van der Waals surface area contributed by atoms with E-state index in [2.05, 4.69) is 11.4 Å². The molecule has 0 radical (unpaired) electrons. The standard InChI is InChI=1S/C22H25ClN2O5/c1-14-10-16(23)7-8-18(14)30-9-5-6-21(26)25-17(13-24)15-11-19(27-2)22(29-4)20(12-15)28-3/h7-8,10-12,17H,5-6,9H2,1-4H3,(H,25,26). The van der Waals surface area contributed by atoms with Gasteiger partial charge in [-0.25, -0.2) is 0 Å². The lowest BCUT2D eigenvalue weighted by molar-refractivity contribution is -0.121. The molecule has 1 amide bonds. The van der Waals surface area contributed by atoms with Crippen molar-refractivity contribution in [1.29, 1.82) is 5.26 Å². The molecule has 0 spiro atoms. The Morgan fingerprint density at radius 2 is 1.77 bits per heavy atom. The molecule has 2 rings (SSSR count). The number of carbonyl (C=O) groups excluding carboxylic acids is 1. The smallest absolute Gasteiger partial charge is 0.221 e. The van der Waals surface area contributed by atoms with Gasteiger partial charge in [-0.3, -0.25) is 4.79 Å². The lowest BCUT2D eigenvalue weighted by Crippen LogP contribution is -2.27. The van der Waals surface area contributed by atoms with Gasteiger partial charge in [0.2, 0.25) is 11.7 Å². The number of benzene rings is 2. The molecule has 0 saturated carbocycles. The average Bonchev–Trinajstić information content (AvgIpc) is 2.75. The minimum Gasteiger partial charge on any atom is -0.493 e. The SMILES string of the molecule is COc1cc(C(C#N)NC(=O)CCCOc2ccc(Cl)cc2C)cc(OC)c1OC. The van der Waals surface area contributed by atoms with Crippen molar-refractivity contribution in [2.45, 2.75) is 25.8 Å². The van der Waals surface area contributed by atoms with Gasteiger partial charge in [0.1, 0.15) is 11.8 Å². The van der Waals surface area contributed by atoms with E-state index in [0.717, 1.165) is 11.3 Å². The Morgan fingerprint density at radius 1 is 1.10 bits per heavy atom. The van der Waals surface area contributed by atoms with E-state index in [9.17, 15) is 10.1 Å². The van der Waals surface area contributed by atoms with E-state index in [4.69, 9.17) is 30.5 Å². The predicted octanol–water partition coefficient (Wildman–Crippen LogP) is 4.21. The fourth-order valence-corrected chi connectivity index (χ4v) is 3.11. The van der Waals surface area contributed by atoms with Crippen LogP contribution in [0, 0.1) is 18.3 Å². The molecule has 0 aliphatic carbocycles. The van der Waals surface area contributed by atoms with Crippen LogP contribution in [0.5, 0.6) is 23.0 Å². The van der Waals surface area contributed by atoms with Gasteiger partial charge in [0.05, 0.1) is 34.0 Å². The topological polar surface area (TPSA) is 89.8 Å². The number of hydrogen-bond donors (Lipinski definition) is 1. The van der Waals surface area contributed by atoms with Gasteiger partial charge in [-0.1, -0.05) is 11.6 Å². The molecule has 160 valence electrons. The van der Waals surface area contributed by atoms with Crippen LogP contribution in [-0.4, -0.2) is 33.8 Å². The fraction of sp³-hybridized carbons (Fsp3) is 0.364. The summed E-state index contributed by atoms with van der Waals surface area (Å²) >= 11 is 5.93. The maximum Gasteiger partial charge on any atom is 0.221 e. The molecule has 0 aromatic heterocycles. The number of nitrogens with one attached hydrogen (secondary N) is 1. The first-order valence-corrected chi connectivity index (χ1v) is 9.69. The van der Waals surface area contributed by atoms with Gasteiger partial charge in [-0.15, -0.1) is 0 Å². The second kappa shape index (κ2) is 11.2. The van der Waals surface area contributed by atoms with Gasteiger partial charge in [0.25, 0.3) is 0 Å². The first-order chi connectivity index (χ1) is 14.4. The maximum atomic E-state index is 12.3. The van der Waals surface area contributed by atoms with Crippen LogP contribution in [-0.2, 0) is 4.79 Å². The summed E-state index contributed by atoms with van der Waals surface area (Å²) in [6.45, 7) is 2.28. The zero-order valence-electron chi connectivity index (χ0n) is 17.5. The Kier molecular flexibility index (Phi) is 8.63. The van der Waals surface area contributed by atoms with Gasteiger partial charge in [-0.05, 0) is 54.8 Å². The molecule has 7 nitrogen and oxygen atoms in total. The fourth-order valence-electron chi connectivity index (χ4n) is 2.88. The molecule has 0 bridgehead atoms. The number of aryl methyl sites for hydroxylation is 1. The lowest BCUT2D eigenvalue weighted by Gasteiger charge is -2.17. The highest BCUT2D eigenvalue weighted by atomic mass is 35.5. The van der Waals surface area contributed by atoms with Crippen molar-refractivity contribution in [3.05, 3.63) is 46.5 Å². The summed E-state index contributed by atoms with van der Waals surface area (Å²) in [6.07, 6.45) is 0.719. The van der Waals surface area contributed by atoms with Crippen molar-refractivity contribution in [2.75, 3.05) is 27.9 Å². The number of nitrogens with zero attached hydrogens (tertiary/aromatic N) is 1. The molecule has 1 unspecified atom stereocenters. The van der Waals surface area contributed by atoms with Gasteiger partial charge in [0, 0.05) is 11.4 Å². The normalized spacial score (nSPS) is 11.2. The summed E-state index contributed by atoms with van der Waals surface area (Å²) in [4.78, 5) is 12.3. The summed E-state index contributed by atoms with van der Waals surface area (Å²) < 4.78 is 21.6. The first-order valence-electron chi connectivity index (χ1n) is 9.31. The molecule has 0 aliphatic heterocycles. The third-order valence-electron chi connectivity index (χ3n) is 4.40. The lowest BCUT2D eigenvalue weighted by atomic mass is 10.1. The minimum atomic E-state index is -0.856. The van der Waals surface area contributed by atoms with Crippen molar-refractivity contribution >= 4 is 17.5 Å². The first kappa shape index (κ1) is 23.2. The van der Waals surface area contributed by atoms with Crippen LogP contribution >= 0.6 is 11.6 Å². The molecule has 0 saturated heterocycles. The number of nitriles is 1. The Morgan fingerprint density at radius 3 is 2.30 bits per heavy atom. The summed E-state index contributed by atoms with van der Waals surface area (Å²) in [5.41, 5.74) is 1.47. The highest BCUT2D eigenvalue weighted by molar-refractivity contribution is 6.30. The van der Waals surface area contributed by atoms with E-state index in [1.807, 2.05) is 13.0 Å². The van der Waals surface area contributed by atoms with E-state index in [1.54, 1.807) is 24.3 Å². The van der Waals surface area contributed by atoms with Crippen molar-refractivity contribution in [2.24, 2.45) is 0 Å². The van der Waals surface area contributed by atoms with Crippen LogP contribution in [0.4, 0.5) is 0 Å². The summed E-state index contributed by atoms with van der Waals surface area (Å²) in [5.74, 6) is 1.71. The van der Waals surface area contributed by atoms with Crippen LogP contribution in [0.25, 0.3) is 0 Å². The molecule has 30 heavy (non-hydrogen) atoms. The molecule has 2 aromatic carbocycles. The van der Waals surface area contributed by atoms with Crippen LogP contribution in [0.15, 0.2) is 30.3 Å². The molecule has 0 heterocycles. The third kappa shape index (κ3) is 5.94. The van der Waals surface area contributed by atoms with Crippen molar-refractivity contribution in [1.82, 2.24) is 5.32 Å². The van der Waals surface area contributed by atoms with Gasteiger partial charge in [-0.2, -0.15) is 5.26 Å². The minimum absolute atomic E-state index is 0.218. The molecule has 2 aromatic rings. The average molecular weight is 433 g/mol. The zero-order valence-corrected chi connectivity index (χ0v) is 18.2. The number of methoxy groups -OCH3 is 3. The second-order valence-corrected chi connectivity index (χ2v) is 6.89. The predicted molar refractivity (Wildman–Crippen MR) is 114 cm³/mol. The quantitative estimate of drug-likeness (QED) is 0.565. The van der Waals surface area contributed by atoms with Crippen molar-refractivity contribution in [3.63, 3.8) is 0 Å².